The Morgan fingerprint density at radius 1 is 0.364 bits per heavy atom. The first kappa shape index (κ1) is 42.0. The summed E-state index contributed by atoms with van der Waals surface area (Å²) in [5.41, 5.74) is 0. The Morgan fingerprint density at radius 3 is 0.545 bits per heavy atom. The third-order valence-electron chi connectivity index (χ3n) is 2.68. The second-order valence-corrected chi connectivity index (χ2v) is 5.67. The third-order valence-corrected chi connectivity index (χ3v) is 2.68. The number of halogens is 18. The largest absolute Gasteiger partial charge is 1.00 e. The van der Waals surface area contributed by atoms with Crippen LogP contribution in [0.2, 0.25) is 0 Å². The minimum Gasteiger partial charge on any atom is -0.759 e. The maximum Gasteiger partial charge on any atom is 1.00 e. The van der Waals surface area contributed by atoms with Gasteiger partial charge in [0.15, 0.2) is 0 Å². The molecule has 0 rings (SSSR count). The molecule has 0 saturated carbocycles. The molecule has 0 unspecified atom stereocenters. The molecule has 0 fully saturated rings. The number of hydrogen-bond acceptors (Lipinski definition) is 4. The fourth-order valence-electron chi connectivity index (χ4n) is 1.14. The second kappa shape index (κ2) is 11.7. The van der Waals surface area contributed by atoms with Crippen LogP contribution in [0.5, 0.6) is 0 Å². The summed E-state index contributed by atoms with van der Waals surface area (Å²) >= 11 is 0. The Kier molecular flexibility index (Phi) is 14.9. The number of alkyl halides is 18. The van der Waals surface area contributed by atoms with E-state index in [1.54, 1.807) is 0 Å². The molecule has 4 nitrogen and oxygen atoms in total. The Hall–Kier alpha value is 1.88. The molecule has 0 aromatic heterocycles. The molecule has 0 amide bonds. The molecule has 0 heterocycles. The summed E-state index contributed by atoms with van der Waals surface area (Å²) in [6.07, 6.45) is -15.6. The van der Waals surface area contributed by atoms with Crippen LogP contribution in [0, 0.1) is 0 Å². The normalized spacial score (nSPS) is 15.0. The molecule has 0 atom stereocenters. The predicted octanol–water partition coefficient (Wildman–Crippen LogP) is -1.41. The van der Waals surface area contributed by atoms with Crippen molar-refractivity contribution in [1.82, 2.24) is 0 Å². The van der Waals surface area contributed by atoms with Crippen molar-refractivity contribution < 1.29 is 199 Å². The maximum absolute atomic E-state index is 12.8. The summed E-state index contributed by atoms with van der Waals surface area (Å²) in [5, 5.41) is 0. The van der Waals surface area contributed by atoms with Gasteiger partial charge in [-0.25, -0.2) is 0 Å². The van der Waals surface area contributed by atoms with Crippen molar-refractivity contribution in [3.8, 4) is 0 Å². The summed E-state index contributed by atoms with van der Waals surface area (Å²) < 4.78 is 255. The summed E-state index contributed by atoms with van der Waals surface area (Å²) in [7, 11) is -5.17. The van der Waals surface area contributed by atoms with Crippen molar-refractivity contribution in [2.75, 3.05) is 0 Å². The quantitative estimate of drug-likeness (QED) is 0.166. The first-order valence-electron chi connectivity index (χ1n) is 5.82. The van der Waals surface area contributed by atoms with E-state index in [2.05, 4.69) is 0 Å². The minimum atomic E-state index is -8.72. The van der Waals surface area contributed by atoms with E-state index in [1.807, 2.05) is 0 Å². The molecule has 25 heteroatoms. The fraction of sp³-hybridized carbons (Fsp3) is 1.00. The summed E-state index contributed by atoms with van der Waals surface area (Å²) in [5.74, 6) is -51.0. The fourth-order valence-corrected chi connectivity index (χ4v) is 1.14. The Labute approximate surface area is 254 Å². The number of hydrogen-bond donors (Lipinski definition) is 0. The van der Waals surface area contributed by atoms with E-state index in [-0.39, 0.29) is 103 Å². The van der Waals surface area contributed by atoms with Gasteiger partial charge < -0.3 is 9.11 Å². The zero-order valence-electron chi connectivity index (χ0n) is 14.8. The van der Waals surface area contributed by atoms with E-state index in [0.717, 1.165) is 0 Å². The van der Waals surface area contributed by atoms with Gasteiger partial charge in [0.05, 0.1) is 0 Å². The first-order chi connectivity index (χ1) is 12.8. The average Bonchev–Trinajstić information content (AvgIpc) is 2.41. The standard InChI is InChI=1S/C8F18.2K.H2O4S/c9-1(10,3(13,14)5(17,18)7(21,22)23)2(11,12)4(15,16)6(19,20)8(24,25)26;;;1-5(2,3)4/h;;;(H2,1,2,3,4)/q;2*+1;/p-2. The molecule has 0 aliphatic rings. The van der Waals surface area contributed by atoms with Crippen LogP contribution in [0.4, 0.5) is 79.0 Å². The van der Waals surface area contributed by atoms with E-state index in [4.69, 9.17) is 17.5 Å². The molecule has 0 aliphatic heterocycles. The average molecular weight is 612 g/mol. The maximum atomic E-state index is 12.8. The molecule has 190 valence electrons. The van der Waals surface area contributed by atoms with Gasteiger partial charge in [0.2, 0.25) is 0 Å². The van der Waals surface area contributed by atoms with Gasteiger partial charge in [-0.15, -0.1) is 0 Å². The van der Waals surface area contributed by atoms with Gasteiger partial charge in [-0.2, -0.15) is 79.0 Å². The van der Waals surface area contributed by atoms with Gasteiger partial charge in [0.1, 0.15) is 0 Å². The smallest absolute Gasteiger partial charge is 0.759 e. The van der Waals surface area contributed by atoms with Crippen LogP contribution in [0.15, 0.2) is 0 Å². The van der Waals surface area contributed by atoms with Crippen molar-refractivity contribution in [3.63, 3.8) is 0 Å². The zero-order chi connectivity index (χ0) is 26.5. The molecule has 0 aromatic rings. The van der Waals surface area contributed by atoms with E-state index in [1.165, 1.54) is 0 Å². The Balaban J connectivity index is -0.000000539. The van der Waals surface area contributed by atoms with E-state index in [9.17, 15) is 79.0 Å². The SMILES string of the molecule is FC(F)(F)C(F)(F)C(F)(F)C(F)(F)C(F)(F)C(F)(F)C(F)(F)C(F)(F)F.O=S(=O)([O-])[O-].[K+].[K+]. The van der Waals surface area contributed by atoms with Crippen LogP contribution in [0.3, 0.4) is 0 Å². The Bertz CT molecular complexity index is 686. The summed E-state index contributed by atoms with van der Waals surface area (Å²) in [6.45, 7) is 0. The van der Waals surface area contributed by atoms with Crippen LogP contribution in [0.1, 0.15) is 0 Å². The second-order valence-electron chi connectivity index (χ2n) is 4.85. The van der Waals surface area contributed by atoms with Gasteiger partial charge in [0.25, 0.3) is 0 Å². The van der Waals surface area contributed by atoms with Gasteiger partial charge in [-0.05, 0) is 0 Å². The van der Waals surface area contributed by atoms with Gasteiger partial charge in [-0.1, -0.05) is 0 Å². The van der Waals surface area contributed by atoms with Gasteiger partial charge in [-0.3, -0.25) is 8.42 Å². The third kappa shape index (κ3) is 8.18. The molecule has 0 saturated heterocycles. The minimum absolute atomic E-state index is 0. The molecule has 0 bridgehead atoms. The van der Waals surface area contributed by atoms with Crippen LogP contribution in [-0.2, 0) is 10.4 Å². The predicted molar refractivity (Wildman–Crippen MR) is 52.3 cm³/mol. The van der Waals surface area contributed by atoms with Crippen molar-refractivity contribution in [3.05, 3.63) is 0 Å². The first-order valence-corrected chi connectivity index (χ1v) is 7.15. The molecule has 0 radical (unpaired) electrons. The molecule has 0 aromatic carbocycles. The summed E-state index contributed by atoms with van der Waals surface area (Å²) in [6, 6.07) is 0. The van der Waals surface area contributed by atoms with E-state index >= 15 is 0 Å². The summed E-state index contributed by atoms with van der Waals surface area (Å²) in [4.78, 5) is 0. The molecule has 0 spiro atoms. The molecule has 33 heavy (non-hydrogen) atoms. The van der Waals surface area contributed by atoms with E-state index in [0.29, 0.717) is 0 Å². The van der Waals surface area contributed by atoms with Gasteiger partial charge in [0, 0.05) is 10.4 Å². The van der Waals surface area contributed by atoms with Crippen LogP contribution < -0.4 is 103 Å². The van der Waals surface area contributed by atoms with Crippen molar-refractivity contribution in [1.29, 1.82) is 0 Å². The van der Waals surface area contributed by atoms with Crippen LogP contribution >= 0.6 is 0 Å². The van der Waals surface area contributed by atoms with Crippen molar-refractivity contribution >= 4 is 10.4 Å². The van der Waals surface area contributed by atoms with Crippen molar-refractivity contribution in [2.45, 2.75) is 47.9 Å². The molecule has 0 aliphatic carbocycles. The molecular formula is C8F18K2O4S. The van der Waals surface area contributed by atoms with Gasteiger partial charge >= 0.3 is 151 Å². The van der Waals surface area contributed by atoms with Crippen LogP contribution in [0.25, 0.3) is 0 Å². The molecule has 0 N–H and O–H groups in total. The number of rotatable bonds is 5. The molecular weight excluding hydrogens is 612 g/mol. The zero-order valence-corrected chi connectivity index (χ0v) is 21.9. The van der Waals surface area contributed by atoms with Crippen molar-refractivity contribution in [2.24, 2.45) is 0 Å². The Morgan fingerprint density at radius 2 is 0.455 bits per heavy atom. The van der Waals surface area contributed by atoms with E-state index < -0.39 is 58.3 Å². The topological polar surface area (TPSA) is 80.3 Å². The van der Waals surface area contributed by atoms with Crippen LogP contribution in [-0.4, -0.2) is 65.4 Å². The monoisotopic (exact) mass is 612 g/mol.